The Balaban J connectivity index is 1.47. The highest BCUT2D eigenvalue weighted by atomic mass is 35.5. The van der Waals surface area contributed by atoms with Crippen molar-refractivity contribution in [2.75, 3.05) is 36.7 Å². The summed E-state index contributed by atoms with van der Waals surface area (Å²) < 4.78 is 30.9. The molecule has 36 heavy (non-hydrogen) atoms. The number of benzene rings is 3. The summed E-state index contributed by atoms with van der Waals surface area (Å²) in [5.74, 6) is 0.0315. The summed E-state index contributed by atoms with van der Waals surface area (Å²) in [5, 5.41) is 3.30. The minimum atomic E-state index is -3.65. The third kappa shape index (κ3) is 6.04. The number of nitrogens with one attached hydrogen (secondary N) is 1. The molecular formula is C26H26ClN3O5S. The molecule has 1 aliphatic heterocycles. The monoisotopic (exact) mass is 527 g/mol. The van der Waals surface area contributed by atoms with E-state index >= 15 is 0 Å². The molecule has 1 N–H and O–H groups in total. The van der Waals surface area contributed by atoms with Crippen LogP contribution in [0, 0.1) is 0 Å². The summed E-state index contributed by atoms with van der Waals surface area (Å²) >= 11 is 5.90. The Bertz CT molecular complexity index is 1380. The van der Waals surface area contributed by atoms with E-state index in [1.54, 1.807) is 72.7 Å². The number of carbonyl (C=O) groups is 2. The van der Waals surface area contributed by atoms with Crippen LogP contribution in [0.4, 0.5) is 11.4 Å². The van der Waals surface area contributed by atoms with Gasteiger partial charge in [-0.25, -0.2) is 8.42 Å². The third-order valence-electron chi connectivity index (χ3n) is 5.91. The normalized spacial score (nSPS) is 12.9. The number of carbonyl (C=O) groups excluding carboxylic acids is 2. The van der Waals surface area contributed by atoms with Gasteiger partial charge in [-0.15, -0.1) is 0 Å². The van der Waals surface area contributed by atoms with Crippen LogP contribution >= 0.6 is 11.6 Å². The van der Waals surface area contributed by atoms with Crippen LogP contribution < -0.4 is 15.0 Å². The molecule has 188 valence electrons. The Hall–Kier alpha value is -3.40. The maximum absolute atomic E-state index is 13.1. The average molecular weight is 528 g/mol. The predicted octanol–water partition coefficient (Wildman–Crippen LogP) is 3.95. The van der Waals surface area contributed by atoms with Crippen LogP contribution in [0.5, 0.6) is 5.75 Å². The molecule has 2 amide bonds. The molecule has 0 saturated heterocycles. The highest BCUT2D eigenvalue weighted by Crippen LogP contribution is 2.32. The second-order valence-corrected chi connectivity index (χ2v) is 10.9. The van der Waals surface area contributed by atoms with Crippen molar-refractivity contribution in [3.05, 3.63) is 88.4 Å². The molecule has 1 heterocycles. The van der Waals surface area contributed by atoms with Crippen LogP contribution in [0.15, 0.2) is 66.7 Å². The molecule has 0 spiro atoms. The smallest absolute Gasteiger partial charge is 0.258 e. The fourth-order valence-electron chi connectivity index (χ4n) is 4.00. The van der Waals surface area contributed by atoms with Crippen LogP contribution in [0.1, 0.15) is 21.5 Å². The van der Waals surface area contributed by atoms with Crippen molar-refractivity contribution in [2.24, 2.45) is 0 Å². The number of halogens is 1. The van der Waals surface area contributed by atoms with Gasteiger partial charge < -0.3 is 15.0 Å². The Morgan fingerprint density at radius 1 is 1.06 bits per heavy atom. The molecule has 1 aliphatic rings. The number of rotatable bonds is 8. The number of hydrogen-bond acceptors (Lipinski definition) is 5. The van der Waals surface area contributed by atoms with E-state index in [1.807, 2.05) is 6.07 Å². The minimum absolute atomic E-state index is 0.0394. The molecule has 10 heteroatoms. The van der Waals surface area contributed by atoms with Gasteiger partial charge >= 0.3 is 0 Å². The summed E-state index contributed by atoms with van der Waals surface area (Å²) in [5.41, 5.74) is 3.44. The predicted molar refractivity (Wildman–Crippen MR) is 140 cm³/mol. The van der Waals surface area contributed by atoms with Gasteiger partial charge in [0.1, 0.15) is 5.75 Å². The topological polar surface area (TPSA) is 96.0 Å². The van der Waals surface area contributed by atoms with Crippen molar-refractivity contribution < 1.29 is 22.7 Å². The van der Waals surface area contributed by atoms with E-state index in [0.29, 0.717) is 40.6 Å². The van der Waals surface area contributed by atoms with E-state index in [0.717, 1.165) is 21.8 Å². The van der Waals surface area contributed by atoms with Gasteiger partial charge in [0, 0.05) is 35.1 Å². The van der Waals surface area contributed by atoms with Gasteiger partial charge in [-0.05, 0) is 66.1 Å². The molecule has 4 rings (SSSR count). The first-order valence-electron chi connectivity index (χ1n) is 11.2. The Morgan fingerprint density at radius 2 is 1.75 bits per heavy atom. The summed E-state index contributed by atoms with van der Waals surface area (Å²) in [4.78, 5) is 27.6. The number of anilines is 2. The van der Waals surface area contributed by atoms with Crippen molar-refractivity contribution in [2.45, 2.75) is 13.0 Å². The van der Waals surface area contributed by atoms with E-state index in [4.69, 9.17) is 16.3 Å². The number of fused-ring (bicyclic) bond motifs is 1. The lowest BCUT2D eigenvalue weighted by atomic mass is 10.1. The molecule has 0 atom stereocenters. The molecule has 3 aromatic rings. The van der Waals surface area contributed by atoms with Gasteiger partial charge in [-0.1, -0.05) is 29.8 Å². The van der Waals surface area contributed by atoms with Gasteiger partial charge in [0.05, 0.1) is 19.9 Å². The van der Waals surface area contributed by atoms with Crippen LogP contribution in [-0.4, -0.2) is 51.0 Å². The SMILES string of the molecule is COc1ccc(C(=O)N2CCc3ccc(NC(=O)CN(Cc4ccc(Cl)cc4)S(C)(=O)=O)cc32)cc1. The zero-order valence-electron chi connectivity index (χ0n) is 19.9. The lowest BCUT2D eigenvalue weighted by Gasteiger charge is -2.20. The number of ether oxygens (including phenoxy) is 1. The third-order valence-corrected chi connectivity index (χ3v) is 7.36. The summed E-state index contributed by atoms with van der Waals surface area (Å²) in [6.45, 7) is 0.214. The fourth-order valence-corrected chi connectivity index (χ4v) is 4.86. The zero-order chi connectivity index (χ0) is 25.9. The molecule has 8 nitrogen and oxygen atoms in total. The molecule has 0 bridgehead atoms. The van der Waals surface area contributed by atoms with E-state index < -0.39 is 15.9 Å². The largest absolute Gasteiger partial charge is 0.497 e. The first-order chi connectivity index (χ1) is 17.1. The van der Waals surface area contributed by atoms with Crippen LogP contribution in [-0.2, 0) is 27.8 Å². The maximum atomic E-state index is 13.1. The standard InChI is InChI=1S/C26H26ClN3O5S/c1-35-23-11-6-20(7-12-23)26(32)30-14-13-19-5-10-22(15-24(19)30)28-25(31)17-29(36(2,33)34)16-18-3-8-21(27)9-4-18/h3-12,15H,13-14,16-17H2,1-2H3,(H,28,31). The van der Waals surface area contributed by atoms with Crippen LogP contribution in [0.25, 0.3) is 0 Å². The van der Waals surface area contributed by atoms with Crippen molar-refractivity contribution in [3.63, 3.8) is 0 Å². The number of sulfonamides is 1. The summed E-state index contributed by atoms with van der Waals surface area (Å²) in [6.07, 6.45) is 1.77. The molecular weight excluding hydrogens is 502 g/mol. The van der Waals surface area contributed by atoms with Crippen molar-refractivity contribution in [1.82, 2.24) is 4.31 Å². The quantitative estimate of drug-likeness (QED) is 0.478. The molecule has 0 saturated carbocycles. The number of methoxy groups -OCH3 is 1. The Morgan fingerprint density at radius 3 is 2.39 bits per heavy atom. The fraction of sp³-hybridized carbons (Fsp3) is 0.231. The van der Waals surface area contributed by atoms with E-state index in [2.05, 4.69) is 5.32 Å². The number of nitrogens with zero attached hydrogens (tertiary/aromatic N) is 2. The highest BCUT2D eigenvalue weighted by molar-refractivity contribution is 7.88. The highest BCUT2D eigenvalue weighted by Gasteiger charge is 2.27. The van der Waals surface area contributed by atoms with E-state index in [9.17, 15) is 18.0 Å². The average Bonchev–Trinajstić information content (AvgIpc) is 3.27. The second-order valence-electron chi connectivity index (χ2n) is 8.48. The molecule has 0 radical (unpaired) electrons. The van der Waals surface area contributed by atoms with Gasteiger partial charge in [0.2, 0.25) is 15.9 Å². The van der Waals surface area contributed by atoms with Crippen LogP contribution in [0.3, 0.4) is 0 Å². The number of hydrogen-bond donors (Lipinski definition) is 1. The van der Waals surface area contributed by atoms with Gasteiger partial charge in [-0.3, -0.25) is 9.59 Å². The summed E-state index contributed by atoms with van der Waals surface area (Å²) in [6, 6.07) is 19.0. The van der Waals surface area contributed by atoms with Crippen molar-refractivity contribution in [3.8, 4) is 5.75 Å². The first-order valence-corrected chi connectivity index (χ1v) is 13.4. The lowest BCUT2D eigenvalue weighted by Crippen LogP contribution is -2.36. The van der Waals surface area contributed by atoms with Gasteiger partial charge in [-0.2, -0.15) is 4.31 Å². The Labute approximate surface area is 215 Å². The molecule has 0 unspecified atom stereocenters. The van der Waals surface area contributed by atoms with Crippen LogP contribution in [0.2, 0.25) is 5.02 Å². The van der Waals surface area contributed by atoms with Crippen molar-refractivity contribution in [1.29, 1.82) is 0 Å². The molecule has 3 aromatic carbocycles. The minimum Gasteiger partial charge on any atom is -0.497 e. The van der Waals surface area contributed by atoms with Gasteiger partial charge in [0.15, 0.2) is 0 Å². The lowest BCUT2D eigenvalue weighted by molar-refractivity contribution is -0.116. The first kappa shape index (κ1) is 25.7. The van der Waals surface area contributed by atoms with Crippen molar-refractivity contribution >= 4 is 44.8 Å². The molecule has 0 fully saturated rings. The summed E-state index contributed by atoms with van der Waals surface area (Å²) in [7, 11) is -2.08. The Kier molecular flexibility index (Phi) is 7.63. The molecule has 0 aromatic heterocycles. The van der Waals surface area contributed by atoms with E-state index in [-0.39, 0.29) is 19.0 Å². The molecule has 0 aliphatic carbocycles. The zero-order valence-corrected chi connectivity index (χ0v) is 21.5. The van der Waals surface area contributed by atoms with E-state index in [1.165, 1.54) is 0 Å². The second kappa shape index (κ2) is 10.7. The maximum Gasteiger partial charge on any atom is 0.258 e. The number of amides is 2. The van der Waals surface area contributed by atoms with Gasteiger partial charge in [0.25, 0.3) is 5.91 Å².